The van der Waals surface area contributed by atoms with E-state index in [-0.39, 0.29) is 18.3 Å². The van der Waals surface area contributed by atoms with Gasteiger partial charge in [-0.15, -0.1) is 12.4 Å². The van der Waals surface area contributed by atoms with Crippen LogP contribution in [0.1, 0.15) is 12.0 Å². The summed E-state index contributed by atoms with van der Waals surface area (Å²) in [5.41, 5.74) is 7.38. The van der Waals surface area contributed by atoms with Crippen molar-refractivity contribution in [2.75, 3.05) is 17.3 Å². The molecule has 1 rings (SSSR count). The Morgan fingerprint density at radius 1 is 1.38 bits per heavy atom. The van der Waals surface area contributed by atoms with Crippen molar-refractivity contribution < 1.29 is 4.79 Å². The van der Waals surface area contributed by atoms with E-state index in [2.05, 4.69) is 5.32 Å². The zero-order chi connectivity index (χ0) is 11.1. The number of amides is 1. The summed E-state index contributed by atoms with van der Waals surface area (Å²) in [5.74, 6) is 0.914. The molecule has 0 saturated heterocycles. The van der Waals surface area contributed by atoms with E-state index in [4.69, 9.17) is 5.73 Å². The molecule has 0 aliphatic heterocycles. The molecule has 0 aliphatic rings. The maximum absolute atomic E-state index is 11.4. The van der Waals surface area contributed by atoms with E-state index in [1.807, 2.05) is 30.5 Å². The Morgan fingerprint density at radius 2 is 2.00 bits per heavy atom. The van der Waals surface area contributed by atoms with E-state index in [1.165, 1.54) is 0 Å². The summed E-state index contributed by atoms with van der Waals surface area (Å²) in [6, 6.07) is 7.59. The molecule has 0 atom stereocenters. The number of hydrogen-bond acceptors (Lipinski definition) is 3. The Morgan fingerprint density at radius 3 is 2.50 bits per heavy atom. The zero-order valence-electron chi connectivity index (χ0n) is 9.23. The number of rotatable bonds is 5. The minimum atomic E-state index is 0. The summed E-state index contributed by atoms with van der Waals surface area (Å²) in [7, 11) is 0. The highest BCUT2D eigenvalue weighted by Gasteiger charge is 2.00. The first-order chi connectivity index (χ1) is 7.26. The lowest BCUT2D eigenvalue weighted by molar-refractivity contribution is -0.115. The first-order valence-corrected chi connectivity index (χ1v) is 6.23. The summed E-state index contributed by atoms with van der Waals surface area (Å²) >= 11 is 1.67. The Labute approximate surface area is 107 Å². The Kier molecular flexibility index (Phi) is 8.07. The van der Waals surface area contributed by atoms with Gasteiger partial charge in [-0.3, -0.25) is 4.79 Å². The van der Waals surface area contributed by atoms with Gasteiger partial charge in [-0.25, -0.2) is 0 Å². The van der Waals surface area contributed by atoms with Crippen molar-refractivity contribution in [3.05, 3.63) is 29.8 Å². The van der Waals surface area contributed by atoms with E-state index in [0.717, 1.165) is 17.0 Å². The number of nitrogens with one attached hydrogen (secondary N) is 1. The number of hydrogen-bond donors (Lipinski definition) is 2. The largest absolute Gasteiger partial charge is 0.326 e. The molecule has 1 aromatic rings. The number of carbonyl (C=O) groups is 1. The SMILES string of the molecule is CSCCC(=O)Nc1ccc(CN)cc1.Cl. The number of nitrogens with two attached hydrogens (primary N) is 1. The highest BCUT2D eigenvalue weighted by Crippen LogP contribution is 2.09. The number of anilines is 1. The lowest BCUT2D eigenvalue weighted by Gasteiger charge is -2.05. The lowest BCUT2D eigenvalue weighted by Crippen LogP contribution is -2.12. The van der Waals surface area contributed by atoms with Crippen LogP contribution in [0.5, 0.6) is 0 Å². The van der Waals surface area contributed by atoms with Gasteiger partial charge in [-0.05, 0) is 24.0 Å². The molecule has 0 spiro atoms. The van der Waals surface area contributed by atoms with E-state index in [1.54, 1.807) is 11.8 Å². The fourth-order valence-electron chi connectivity index (χ4n) is 1.14. The molecule has 0 bridgehead atoms. The van der Waals surface area contributed by atoms with Gasteiger partial charge < -0.3 is 11.1 Å². The minimum Gasteiger partial charge on any atom is -0.326 e. The van der Waals surface area contributed by atoms with Crippen molar-refractivity contribution in [3.63, 3.8) is 0 Å². The molecule has 0 saturated carbocycles. The molecule has 0 aromatic heterocycles. The fraction of sp³-hybridized carbons (Fsp3) is 0.364. The van der Waals surface area contributed by atoms with Crippen molar-refractivity contribution in [1.29, 1.82) is 0 Å². The standard InChI is InChI=1S/C11H16N2OS.ClH/c1-15-7-6-11(14)13-10-4-2-9(8-12)3-5-10;/h2-5H,6-8,12H2,1H3,(H,13,14);1H. The summed E-state index contributed by atoms with van der Waals surface area (Å²) in [4.78, 5) is 11.4. The summed E-state index contributed by atoms with van der Waals surface area (Å²) in [5, 5.41) is 2.83. The molecular weight excluding hydrogens is 244 g/mol. The molecular formula is C11H17ClN2OS. The second-order valence-corrected chi connectivity index (χ2v) is 4.18. The van der Waals surface area contributed by atoms with Gasteiger partial charge in [0.25, 0.3) is 0 Å². The van der Waals surface area contributed by atoms with Gasteiger partial charge in [-0.1, -0.05) is 12.1 Å². The second-order valence-electron chi connectivity index (χ2n) is 3.19. The van der Waals surface area contributed by atoms with E-state index in [9.17, 15) is 4.79 Å². The van der Waals surface area contributed by atoms with Gasteiger partial charge in [-0.2, -0.15) is 11.8 Å². The molecule has 0 radical (unpaired) electrons. The smallest absolute Gasteiger partial charge is 0.225 e. The normalized spacial score (nSPS) is 9.38. The van der Waals surface area contributed by atoms with Gasteiger partial charge in [0.2, 0.25) is 5.91 Å². The third-order valence-corrected chi connectivity index (χ3v) is 2.62. The van der Waals surface area contributed by atoms with Crippen molar-refractivity contribution >= 4 is 35.8 Å². The van der Waals surface area contributed by atoms with E-state index < -0.39 is 0 Å². The van der Waals surface area contributed by atoms with Crippen LogP contribution in [0.25, 0.3) is 0 Å². The molecule has 5 heteroatoms. The molecule has 0 fully saturated rings. The summed E-state index contributed by atoms with van der Waals surface area (Å²) in [6.45, 7) is 0.528. The van der Waals surface area contributed by atoms with Crippen LogP contribution in [0.4, 0.5) is 5.69 Å². The average molecular weight is 261 g/mol. The van der Waals surface area contributed by atoms with Gasteiger partial charge in [0.1, 0.15) is 0 Å². The molecule has 0 aliphatic carbocycles. The zero-order valence-corrected chi connectivity index (χ0v) is 10.9. The topological polar surface area (TPSA) is 55.1 Å². The van der Waals surface area contributed by atoms with Crippen LogP contribution in [0, 0.1) is 0 Å². The second kappa shape index (κ2) is 8.44. The van der Waals surface area contributed by atoms with Crippen molar-refractivity contribution in [3.8, 4) is 0 Å². The molecule has 3 nitrogen and oxygen atoms in total. The maximum Gasteiger partial charge on any atom is 0.225 e. The van der Waals surface area contributed by atoms with Crippen LogP contribution >= 0.6 is 24.2 Å². The molecule has 1 aromatic carbocycles. The van der Waals surface area contributed by atoms with Crippen molar-refractivity contribution in [1.82, 2.24) is 0 Å². The monoisotopic (exact) mass is 260 g/mol. The first kappa shape index (κ1) is 15.3. The maximum atomic E-state index is 11.4. The predicted molar refractivity (Wildman–Crippen MR) is 73.2 cm³/mol. The van der Waals surface area contributed by atoms with Crippen LogP contribution in [0.3, 0.4) is 0 Å². The van der Waals surface area contributed by atoms with Crippen LogP contribution in [-0.2, 0) is 11.3 Å². The molecule has 16 heavy (non-hydrogen) atoms. The summed E-state index contributed by atoms with van der Waals surface area (Å²) < 4.78 is 0. The number of thioether (sulfide) groups is 1. The van der Waals surface area contributed by atoms with E-state index in [0.29, 0.717) is 13.0 Å². The third kappa shape index (κ3) is 5.39. The molecule has 90 valence electrons. The Hall–Kier alpha value is -0.710. The van der Waals surface area contributed by atoms with Gasteiger partial charge in [0.05, 0.1) is 0 Å². The molecule has 0 unspecified atom stereocenters. The third-order valence-electron chi connectivity index (χ3n) is 2.01. The average Bonchev–Trinajstić information content (AvgIpc) is 2.27. The quantitative estimate of drug-likeness (QED) is 0.854. The minimum absolute atomic E-state index is 0. The lowest BCUT2D eigenvalue weighted by atomic mass is 10.2. The van der Waals surface area contributed by atoms with Crippen molar-refractivity contribution in [2.24, 2.45) is 5.73 Å². The first-order valence-electron chi connectivity index (χ1n) is 4.84. The number of halogens is 1. The number of carbonyl (C=O) groups excluding carboxylic acids is 1. The van der Waals surface area contributed by atoms with Gasteiger partial charge >= 0.3 is 0 Å². The molecule has 1 amide bonds. The van der Waals surface area contributed by atoms with Gasteiger partial charge in [0, 0.05) is 24.4 Å². The summed E-state index contributed by atoms with van der Waals surface area (Å²) in [6.07, 6.45) is 2.54. The highest BCUT2D eigenvalue weighted by molar-refractivity contribution is 7.98. The van der Waals surface area contributed by atoms with Gasteiger partial charge in [0.15, 0.2) is 0 Å². The van der Waals surface area contributed by atoms with Crippen molar-refractivity contribution in [2.45, 2.75) is 13.0 Å². The number of benzene rings is 1. The Bertz CT molecular complexity index is 316. The van der Waals surface area contributed by atoms with Crippen LogP contribution < -0.4 is 11.1 Å². The molecule has 3 N–H and O–H groups in total. The predicted octanol–water partition coefficient (Wildman–Crippen LogP) is 2.26. The fourth-order valence-corrected chi connectivity index (χ4v) is 1.53. The van der Waals surface area contributed by atoms with Crippen LogP contribution in [0.2, 0.25) is 0 Å². The highest BCUT2D eigenvalue weighted by atomic mass is 35.5. The van der Waals surface area contributed by atoms with Crippen LogP contribution in [0.15, 0.2) is 24.3 Å². The van der Waals surface area contributed by atoms with Crippen LogP contribution in [-0.4, -0.2) is 17.9 Å². The Balaban J connectivity index is 0.00000225. The molecule has 0 heterocycles. The van der Waals surface area contributed by atoms with E-state index >= 15 is 0 Å².